The number of allylic oxidation sites excluding steroid dienone is 1. The number of nitrogens with one attached hydrogen (secondary N) is 1. The molecule has 6 rings (SSSR count). The van der Waals surface area contributed by atoms with Gasteiger partial charge in [0, 0.05) is 59.1 Å². The van der Waals surface area contributed by atoms with Crippen molar-refractivity contribution in [2.45, 2.75) is 17.1 Å². The van der Waals surface area contributed by atoms with E-state index in [0.29, 0.717) is 9.90 Å². The lowest BCUT2D eigenvalue weighted by molar-refractivity contribution is 0.399. The summed E-state index contributed by atoms with van der Waals surface area (Å²) in [7, 11) is 4.16. The molecule has 9 heteroatoms. The van der Waals surface area contributed by atoms with Crippen LogP contribution >= 0.6 is 11.3 Å². The van der Waals surface area contributed by atoms with Crippen LogP contribution in [0.1, 0.15) is 12.8 Å². The zero-order valence-electron chi connectivity index (χ0n) is 26.0. The number of fused-ring (bicyclic) bond motifs is 3. The van der Waals surface area contributed by atoms with Crippen molar-refractivity contribution in [3.05, 3.63) is 109 Å². The van der Waals surface area contributed by atoms with E-state index in [1.807, 2.05) is 42.6 Å². The van der Waals surface area contributed by atoms with Gasteiger partial charge >= 0.3 is 0 Å². The molecule has 0 aliphatic rings. The third-order valence-corrected chi connectivity index (χ3v) is 11.4. The summed E-state index contributed by atoms with van der Waals surface area (Å²) in [4.78, 5) is 12.7. The number of pyridine rings is 1. The highest BCUT2D eigenvalue weighted by Crippen LogP contribution is 2.42. The monoisotopic (exact) mass is 635 g/mol. The smallest absolute Gasteiger partial charge is 0.273 e. The number of anilines is 2. The van der Waals surface area contributed by atoms with Crippen LogP contribution in [-0.2, 0) is 10.0 Å². The summed E-state index contributed by atoms with van der Waals surface area (Å²) in [6.45, 7) is 5.35. The van der Waals surface area contributed by atoms with E-state index in [-0.39, 0.29) is 0 Å². The van der Waals surface area contributed by atoms with Crippen LogP contribution in [0.25, 0.3) is 44.2 Å². The van der Waals surface area contributed by atoms with Crippen molar-refractivity contribution in [1.82, 2.24) is 14.9 Å². The van der Waals surface area contributed by atoms with E-state index in [4.69, 9.17) is 4.98 Å². The average Bonchev–Trinajstić information content (AvgIpc) is 3.73. The molecule has 0 saturated heterocycles. The molecule has 0 atom stereocenters. The highest BCUT2D eigenvalue weighted by molar-refractivity contribution is 7.94. The minimum Gasteiger partial charge on any atom is -0.349 e. The van der Waals surface area contributed by atoms with E-state index in [2.05, 4.69) is 78.9 Å². The molecular formula is C36H37N5O2S2. The Bertz CT molecular complexity index is 2070. The van der Waals surface area contributed by atoms with Crippen LogP contribution in [0.2, 0.25) is 0 Å². The Morgan fingerprint density at radius 2 is 1.62 bits per heavy atom. The molecule has 0 saturated carbocycles. The van der Waals surface area contributed by atoms with E-state index < -0.39 is 10.0 Å². The third kappa shape index (κ3) is 5.99. The number of hydrogen-bond donors (Lipinski definition) is 1. The molecule has 3 heterocycles. The van der Waals surface area contributed by atoms with Gasteiger partial charge in [-0.2, -0.15) is 0 Å². The van der Waals surface area contributed by atoms with E-state index in [1.165, 1.54) is 15.6 Å². The molecule has 0 radical (unpaired) electrons. The van der Waals surface area contributed by atoms with Crippen molar-refractivity contribution in [2.24, 2.45) is 0 Å². The molecule has 230 valence electrons. The first kappa shape index (κ1) is 30.6. The first-order chi connectivity index (χ1) is 21.6. The van der Waals surface area contributed by atoms with E-state index >= 15 is 0 Å². The van der Waals surface area contributed by atoms with E-state index in [1.54, 1.807) is 24.6 Å². The number of benzene rings is 3. The quantitative estimate of drug-likeness (QED) is 0.155. The van der Waals surface area contributed by atoms with Gasteiger partial charge in [0.05, 0.1) is 5.69 Å². The zero-order valence-corrected chi connectivity index (χ0v) is 27.6. The minimum absolute atomic E-state index is 0.309. The highest BCUT2D eigenvalue weighted by atomic mass is 32.2. The van der Waals surface area contributed by atoms with Crippen molar-refractivity contribution in [2.75, 3.05) is 43.9 Å². The fourth-order valence-electron chi connectivity index (χ4n) is 5.66. The van der Waals surface area contributed by atoms with Gasteiger partial charge in [-0.3, -0.25) is 4.31 Å². The lowest BCUT2D eigenvalue weighted by Gasteiger charge is -2.23. The zero-order chi connectivity index (χ0) is 31.7. The summed E-state index contributed by atoms with van der Waals surface area (Å²) in [5, 5.41) is 3.64. The number of rotatable bonds is 11. The number of nitrogens with zero attached hydrogens (tertiary/aromatic N) is 4. The number of sulfonamides is 1. The molecular weight excluding hydrogens is 599 g/mol. The molecule has 0 fully saturated rings. The normalized spacial score (nSPS) is 11.8. The third-order valence-electron chi connectivity index (χ3n) is 8.25. The maximum Gasteiger partial charge on any atom is 0.273 e. The number of thiophene rings is 1. The average molecular weight is 636 g/mol. The fraction of sp³-hybridized carbons (Fsp3) is 0.194. The molecule has 3 aromatic heterocycles. The van der Waals surface area contributed by atoms with E-state index in [0.717, 1.165) is 75.0 Å². The highest BCUT2D eigenvalue weighted by Gasteiger charge is 2.24. The second kappa shape index (κ2) is 12.5. The second-order valence-electron chi connectivity index (χ2n) is 11.5. The fourth-order valence-corrected chi connectivity index (χ4v) is 8.01. The maximum atomic E-state index is 13.4. The summed E-state index contributed by atoms with van der Waals surface area (Å²) in [6.07, 6.45) is 3.91. The summed E-state index contributed by atoms with van der Waals surface area (Å²) >= 11 is 1.21. The topological polar surface area (TPSA) is 72.5 Å². The number of hydrogen-bond acceptors (Lipinski definition) is 6. The standard InChI is InChI=1S/C36H37N5O2S2/c1-25(11-9-21-39(2)3)40(4)28-17-15-26(16-18-28)31-24-37-36-35(34(31)27-12-7-6-8-13-27)30-23-29(19-20-32(30)38-36)41(5)45(42,43)33-14-10-22-44-33/h6-8,10,12-20,22-24H,1,9,11,21H2,2-5H3,(H,37,38). The summed E-state index contributed by atoms with van der Waals surface area (Å²) in [5.74, 6) is 0. The first-order valence-corrected chi connectivity index (χ1v) is 17.2. The lowest BCUT2D eigenvalue weighted by atomic mass is 9.92. The number of H-pyrrole nitrogens is 1. The molecule has 6 aromatic rings. The second-order valence-corrected chi connectivity index (χ2v) is 14.6. The largest absolute Gasteiger partial charge is 0.349 e. The van der Waals surface area contributed by atoms with Gasteiger partial charge in [-0.05, 0) is 86.4 Å². The lowest BCUT2D eigenvalue weighted by Crippen LogP contribution is -2.25. The number of aromatic nitrogens is 2. The molecule has 0 amide bonds. The van der Waals surface area contributed by atoms with Crippen molar-refractivity contribution >= 4 is 54.7 Å². The van der Waals surface area contributed by atoms with Crippen LogP contribution in [0.5, 0.6) is 0 Å². The Labute approximate surface area is 269 Å². The predicted molar refractivity (Wildman–Crippen MR) is 190 cm³/mol. The Balaban J connectivity index is 1.44. The number of aromatic amines is 1. The summed E-state index contributed by atoms with van der Waals surface area (Å²) in [5.41, 5.74) is 8.53. The molecule has 0 unspecified atom stereocenters. The van der Waals surface area contributed by atoms with Gasteiger partial charge in [-0.15, -0.1) is 11.3 Å². The van der Waals surface area contributed by atoms with Crippen molar-refractivity contribution in [1.29, 1.82) is 0 Å². The Kier molecular flexibility index (Phi) is 8.50. The minimum atomic E-state index is -3.68. The van der Waals surface area contributed by atoms with Crippen LogP contribution in [0, 0.1) is 0 Å². The molecule has 0 aliphatic carbocycles. The Morgan fingerprint density at radius 3 is 2.31 bits per heavy atom. The van der Waals surface area contributed by atoms with Gasteiger partial charge < -0.3 is 14.8 Å². The van der Waals surface area contributed by atoms with Crippen molar-refractivity contribution in [3.8, 4) is 22.3 Å². The molecule has 1 N–H and O–H groups in total. The van der Waals surface area contributed by atoms with E-state index in [9.17, 15) is 8.42 Å². The van der Waals surface area contributed by atoms with Crippen LogP contribution in [0.15, 0.2) is 113 Å². The molecule has 3 aromatic carbocycles. The first-order valence-electron chi connectivity index (χ1n) is 14.8. The van der Waals surface area contributed by atoms with Gasteiger partial charge in [0.15, 0.2) is 0 Å². The maximum absolute atomic E-state index is 13.4. The van der Waals surface area contributed by atoms with Gasteiger partial charge in [0.2, 0.25) is 0 Å². The Morgan fingerprint density at radius 1 is 0.889 bits per heavy atom. The van der Waals surface area contributed by atoms with Gasteiger partial charge in [-0.25, -0.2) is 13.4 Å². The molecule has 7 nitrogen and oxygen atoms in total. The summed E-state index contributed by atoms with van der Waals surface area (Å²) < 4.78 is 28.4. The van der Waals surface area contributed by atoms with Crippen LogP contribution in [-0.4, -0.2) is 58.0 Å². The molecule has 0 aliphatic heterocycles. The van der Waals surface area contributed by atoms with Gasteiger partial charge in [0.25, 0.3) is 10.0 Å². The van der Waals surface area contributed by atoms with Crippen LogP contribution in [0.3, 0.4) is 0 Å². The molecule has 0 spiro atoms. The SMILES string of the molecule is C=C(CCCN(C)C)N(C)c1ccc(-c2cnc3[nH]c4ccc(N(C)S(=O)(=O)c5cccs5)cc4c3c2-c2ccccc2)cc1. The van der Waals surface area contributed by atoms with Gasteiger partial charge in [0.1, 0.15) is 9.86 Å². The van der Waals surface area contributed by atoms with Gasteiger partial charge in [-0.1, -0.05) is 55.1 Å². The van der Waals surface area contributed by atoms with Crippen LogP contribution < -0.4 is 9.21 Å². The summed E-state index contributed by atoms with van der Waals surface area (Å²) in [6, 6.07) is 27.9. The van der Waals surface area contributed by atoms with Crippen LogP contribution in [0.4, 0.5) is 11.4 Å². The van der Waals surface area contributed by atoms with Crippen molar-refractivity contribution < 1.29 is 8.42 Å². The Hall–Kier alpha value is -4.44. The molecule has 0 bridgehead atoms. The molecule has 45 heavy (non-hydrogen) atoms. The van der Waals surface area contributed by atoms with Crippen molar-refractivity contribution in [3.63, 3.8) is 0 Å². The predicted octanol–water partition coefficient (Wildman–Crippen LogP) is 8.23.